The van der Waals surface area contributed by atoms with Crippen molar-refractivity contribution in [3.05, 3.63) is 106 Å². The van der Waals surface area contributed by atoms with Crippen molar-refractivity contribution >= 4 is 22.5 Å². The van der Waals surface area contributed by atoms with E-state index in [1.807, 2.05) is 48.5 Å². The third-order valence-corrected chi connectivity index (χ3v) is 7.70. The minimum atomic E-state index is -0.626. The third kappa shape index (κ3) is 5.43. The zero-order valence-electron chi connectivity index (χ0n) is 21.0. The molecular formula is C31H31ClFN3O. The zero-order chi connectivity index (χ0) is 25.8. The third-order valence-electron chi connectivity index (χ3n) is 7.47. The van der Waals surface area contributed by atoms with Gasteiger partial charge in [-0.3, -0.25) is 0 Å². The van der Waals surface area contributed by atoms with Gasteiger partial charge in [0.05, 0.1) is 18.2 Å². The summed E-state index contributed by atoms with van der Waals surface area (Å²) >= 11 is 6.19. The Kier molecular flexibility index (Phi) is 7.62. The molecule has 4 nitrogen and oxygen atoms in total. The first-order valence-electron chi connectivity index (χ1n) is 12.9. The molecule has 2 heterocycles. The molecule has 0 amide bonds. The number of aryl methyl sites for hydroxylation is 1. The minimum absolute atomic E-state index is 0.261. The van der Waals surface area contributed by atoms with Crippen LogP contribution in [-0.4, -0.2) is 17.6 Å². The summed E-state index contributed by atoms with van der Waals surface area (Å²) < 4.78 is 20.1. The summed E-state index contributed by atoms with van der Waals surface area (Å²) in [7, 11) is 0. The Labute approximate surface area is 222 Å². The number of hydrogen-bond acceptors (Lipinski definition) is 3. The molecule has 5 rings (SSSR count). The second-order valence-corrected chi connectivity index (χ2v) is 10.4. The standard InChI is InChI=1S/C31H31ClFN3O/c1-21(4-2-5-23-19-36-30-13-9-26(32)17-28(23)30)35-15-3-14-31(25-7-10-27(33)11-8-25)29-12-6-22(18-34)16-24(29)20-37-31/h6-13,16-17,19,21,35-36H,2-5,14-15,20H2,1H3. The lowest BCUT2D eigenvalue weighted by molar-refractivity contribution is -0.0130. The fourth-order valence-electron chi connectivity index (χ4n) is 5.51. The zero-order valence-corrected chi connectivity index (χ0v) is 21.7. The van der Waals surface area contributed by atoms with Gasteiger partial charge < -0.3 is 15.0 Å². The molecule has 0 saturated heterocycles. The fourth-order valence-corrected chi connectivity index (χ4v) is 5.68. The Hall–Kier alpha value is -3.17. The van der Waals surface area contributed by atoms with Crippen LogP contribution < -0.4 is 5.32 Å². The van der Waals surface area contributed by atoms with E-state index in [9.17, 15) is 9.65 Å². The van der Waals surface area contributed by atoms with Crippen LogP contribution in [0.3, 0.4) is 0 Å². The smallest absolute Gasteiger partial charge is 0.123 e. The van der Waals surface area contributed by atoms with E-state index in [2.05, 4.69) is 29.5 Å². The molecule has 0 fully saturated rings. The van der Waals surface area contributed by atoms with Crippen LogP contribution in [0, 0.1) is 17.1 Å². The Morgan fingerprint density at radius 3 is 2.78 bits per heavy atom. The van der Waals surface area contributed by atoms with Gasteiger partial charge in [0.25, 0.3) is 0 Å². The van der Waals surface area contributed by atoms with Crippen molar-refractivity contribution in [3.8, 4) is 6.07 Å². The molecule has 0 spiro atoms. The maximum atomic E-state index is 13.7. The lowest BCUT2D eigenvalue weighted by Crippen LogP contribution is -2.31. The van der Waals surface area contributed by atoms with Crippen molar-refractivity contribution in [2.45, 2.75) is 57.3 Å². The van der Waals surface area contributed by atoms with E-state index in [0.717, 1.165) is 65.9 Å². The van der Waals surface area contributed by atoms with Gasteiger partial charge in [0, 0.05) is 28.2 Å². The molecule has 1 aliphatic rings. The molecule has 1 aliphatic heterocycles. The summed E-state index contributed by atoms with van der Waals surface area (Å²) in [6.07, 6.45) is 6.94. The van der Waals surface area contributed by atoms with Gasteiger partial charge in [0.2, 0.25) is 0 Å². The summed E-state index contributed by atoms with van der Waals surface area (Å²) in [5.74, 6) is -0.261. The van der Waals surface area contributed by atoms with E-state index in [0.29, 0.717) is 18.2 Å². The van der Waals surface area contributed by atoms with Gasteiger partial charge in [-0.25, -0.2) is 4.39 Å². The molecule has 4 aromatic rings. The van der Waals surface area contributed by atoms with Crippen LogP contribution in [0.4, 0.5) is 4.39 Å². The average Bonchev–Trinajstić information content (AvgIpc) is 3.48. The van der Waals surface area contributed by atoms with Crippen LogP contribution in [0.1, 0.15) is 60.4 Å². The number of aromatic nitrogens is 1. The van der Waals surface area contributed by atoms with Crippen LogP contribution in [-0.2, 0) is 23.4 Å². The first kappa shape index (κ1) is 25.5. The number of fused-ring (bicyclic) bond motifs is 2. The second kappa shape index (κ2) is 11.1. The lowest BCUT2D eigenvalue weighted by atomic mass is 9.81. The first-order chi connectivity index (χ1) is 18.0. The predicted octanol–water partition coefficient (Wildman–Crippen LogP) is 7.39. The number of aromatic amines is 1. The van der Waals surface area contributed by atoms with Gasteiger partial charge in [-0.05, 0) is 110 Å². The number of H-pyrrole nitrogens is 1. The number of nitrogens with one attached hydrogen (secondary N) is 2. The van der Waals surface area contributed by atoms with Crippen molar-refractivity contribution in [3.63, 3.8) is 0 Å². The molecule has 2 atom stereocenters. The van der Waals surface area contributed by atoms with E-state index in [1.165, 1.54) is 23.1 Å². The van der Waals surface area contributed by atoms with E-state index in [-0.39, 0.29) is 5.82 Å². The highest BCUT2D eigenvalue weighted by molar-refractivity contribution is 6.31. The highest BCUT2D eigenvalue weighted by Crippen LogP contribution is 2.45. The van der Waals surface area contributed by atoms with E-state index < -0.39 is 5.60 Å². The van der Waals surface area contributed by atoms with E-state index >= 15 is 0 Å². The van der Waals surface area contributed by atoms with E-state index in [4.69, 9.17) is 16.3 Å². The lowest BCUT2D eigenvalue weighted by Gasteiger charge is -2.31. The molecule has 0 radical (unpaired) electrons. The second-order valence-electron chi connectivity index (χ2n) is 9.96. The molecule has 1 aromatic heterocycles. The summed E-state index contributed by atoms with van der Waals surface area (Å²) in [6.45, 7) is 3.54. The van der Waals surface area contributed by atoms with Gasteiger partial charge in [-0.1, -0.05) is 29.8 Å². The summed E-state index contributed by atoms with van der Waals surface area (Å²) in [6, 6.07) is 20.9. The number of nitrogens with zero attached hydrogens (tertiary/aromatic N) is 1. The topological polar surface area (TPSA) is 60.8 Å². The molecule has 6 heteroatoms. The summed E-state index contributed by atoms with van der Waals surface area (Å²) in [5, 5.41) is 14.9. The highest BCUT2D eigenvalue weighted by atomic mass is 35.5. The highest BCUT2D eigenvalue weighted by Gasteiger charge is 2.41. The van der Waals surface area contributed by atoms with Crippen molar-refractivity contribution in [2.24, 2.45) is 0 Å². The van der Waals surface area contributed by atoms with Crippen LogP contribution in [0.2, 0.25) is 5.02 Å². The predicted molar refractivity (Wildman–Crippen MR) is 146 cm³/mol. The average molecular weight is 516 g/mol. The Bertz CT molecular complexity index is 1420. The Morgan fingerprint density at radius 2 is 1.97 bits per heavy atom. The van der Waals surface area contributed by atoms with Crippen molar-refractivity contribution < 1.29 is 9.13 Å². The molecule has 0 saturated carbocycles. The van der Waals surface area contributed by atoms with Crippen molar-refractivity contribution in [1.82, 2.24) is 10.3 Å². The molecular weight excluding hydrogens is 485 g/mol. The largest absolute Gasteiger partial charge is 0.361 e. The molecule has 190 valence electrons. The van der Waals surface area contributed by atoms with Crippen LogP contribution in [0.25, 0.3) is 10.9 Å². The number of benzene rings is 3. The number of rotatable bonds is 10. The molecule has 0 bridgehead atoms. The first-order valence-corrected chi connectivity index (χ1v) is 13.3. The summed E-state index contributed by atoms with van der Waals surface area (Å²) in [4.78, 5) is 3.33. The molecule has 2 unspecified atom stereocenters. The van der Waals surface area contributed by atoms with Gasteiger partial charge >= 0.3 is 0 Å². The Balaban J connectivity index is 1.17. The van der Waals surface area contributed by atoms with Gasteiger partial charge in [0.15, 0.2) is 0 Å². The monoisotopic (exact) mass is 515 g/mol. The van der Waals surface area contributed by atoms with Gasteiger partial charge in [0.1, 0.15) is 11.4 Å². The van der Waals surface area contributed by atoms with Gasteiger partial charge in [-0.2, -0.15) is 5.26 Å². The number of hydrogen-bond donors (Lipinski definition) is 2. The van der Waals surface area contributed by atoms with E-state index in [1.54, 1.807) is 0 Å². The maximum Gasteiger partial charge on any atom is 0.123 e. The van der Waals surface area contributed by atoms with Crippen LogP contribution in [0.15, 0.2) is 66.9 Å². The maximum absolute atomic E-state index is 13.7. The SMILES string of the molecule is CC(CCCc1c[nH]c2ccc(Cl)cc12)NCCCC1(c2ccc(F)cc2)OCc2cc(C#N)ccc21. The van der Waals surface area contributed by atoms with Crippen LogP contribution in [0.5, 0.6) is 0 Å². The quantitative estimate of drug-likeness (QED) is 0.216. The normalized spacial score (nSPS) is 17.6. The number of ether oxygens (including phenoxy) is 1. The van der Waals surface area contributed by atoms with Crippen molar-refractivity contribution in [1.29, 1.82) is 5.26 Å². The Morgan fingerprint density at radius 1 is 1.14 bits per heavy atom. The molecule has 0 aliphatic carbocycles. The van der Waals surface area contributed by atoms with Crippen molar-refractivity contribution in [2.75, 3.05) is 6.54 Å². The number of halogens is 2. The molecule has 37 heavy (non-hydrogen) atoms. The van der Waals surface area contributed by atoms with Crippen LogP contribution >= 0.6 is 11.6 Å². The number of nitriles is 1. The van der Waals surface area contributed by atoms with Gasteiger partial charge in [-0.15, -0.1) is 0 Å². The minimum Gasteiger partial charge on any atom is -0.361 e. The molecule has 2 N–H and O–H groups in total. The fraction of sp³-hybridized carbons (Fsp3) is 0.323. The molecule has 3 aromatic carbocycles. The summed E-state index contributed by atoms with van der Waals surface area (Å²) in [5.41, 5.74) is 5.49.